The topological polar surface area (TPSA) is 119 Å². The van der Waals surface area contributed by atoms with Gasteiger partial charge in [-0.2, -0.15) is 5.10 Å². The molecule has 1 fully saturated rings. The lowest BCUT2D eigenvalue weighted by Crippen LogP contribution is -2.23. The van der Waals surface area contributed by atoms with Crippen LogP contribution < -0.4 is 14.8 Å². The maximum atomic E-state index is 12.5. The minimum absolute atomic E-state index is 0.0537. The molecular formula is C28H32N6O3S. The average molecular weight is 533 g/mol. The molecule has 10 heteroatoms. The van der Waals surface area contributed by atoms with Crippen molar-refractivity contribution in [1.82, 2.24) is 20.2 Å². The van der Waals surface area contributed by atoms with E-state index < -0.39 is 10.0 Å². The number of hydrogen-bond donors (Lipinski definition) is 2. The molecule has 2 aromatic heterocycles. The molecule has 0 unspecified atom stereocenters. The first kappa shape index (κ1) is 25.8. The van der Waals surface area contributed by atoms with Crippen LogP contribution in [0.2, 0.25) is 0 Å². The average Bonchev–Trinajstić information content (AvgIpc) is 2.91. The Morgan fingerprint density at radius 3 is 2.66 bits per heavy atom. The first-order valence-corrected chi connectivity index (χ1v) is 14.7. The molecule has 0 amide bonds. The largest absolute Gasteiger partial charge is 0.436 e. The van der Waals surface area contributed by atoms with Crippen molar-refractivity contribution >= 4 is 32.4 Å². The summed E-state index contributed by atoms with van der Waals surface area (Å²) in [5, 5.41) is 13.3. The van der Waals surface area contributed by atoms with E-state index in [1.165, 1.54) is 19.3 Å². The predicted molar refractivity (Wildman–Crippen MR) is 150 cm³/mol. The van der Waals surface area contributed by atoms with E-state index in [1.54, 1.807) is 18.5 Å². The molecule has 0 saturated heterocycles. The van der Waals surface area contributed by atoms with E-state index in [1.807, 2.05) is 50.2 Å². The van der Waals surface area contributed by atoms with E-state index in [2.05, 4.69) is 25.2 Å². The molecule has 1 saturated carbocycles. The molecule has 1 aliphatic carbocycles. The minimum Gasteiger partial charge on any atom is -0.436 e. The summed E-state index contributed by atoms with van der Waals surface area (Å²) in [6.07, 6.45) is 9.83. The molecule has 4 aromatic rings. The van der Waals surface area contributed by atoms with Gasteiger partial charge in [-0.15, -0.1) is 5.10 Å². The Kier molecular flexibility index (Phi) is 7.69. The minimum atomic E-state index is -3.45. The van der Waals surface area contributed by atoms with E-state index in [9.17, 15) is 8.42 Å². The van der Waals surface area contributed by atoms with E-state index in [0.717, 1.165) is 29.2 Å². The molecule has 2 heterocycles. The van der Waals surface area contributed by atoms with Gasteiger partial charge in [0.1, 0.15) is 5.75 Å². The first-order valence-electron chi connectivity index (χ1n) is 13.1. The van der Waals surface area contributed by atoms with E-state index in [4.69, 9.17) is 9.72 Å². The second kappa shape index (κ2) is 11.3. The van der Waals surface area contributed by atoms with Crippen molar-refractivity contribution in [3.63, 3.8) is 0 Å². The molecule has 0 radical (unpaired) electrons. The highest BCUT2D eigenvalue weighted by Crippen LogP contribution is 2.38. The van der Waals surface area contributed by atoms with Gasteiger partial charge in [0.05, 0.1) is 28.9 Å². The predicted octanol–water partition coefficient (Wildman–Crippen LogP) is 6.08. The highest BCUT2D eigenvalue weighted by Gasteiger charge is 2.19. The molecule has 0 aliphatic heterocycles. The molecule has 2 N–H and O–H groups in total. The summed E-state index contributed by atoms with van der Waals surface area (Å²) < 4.78 is 34.0. The van der Waals surface area contributed by atoms with Crippen LogP contribution in [0.1, 0.15) is 51.0 Å². The van der Waals surface area contributed by atoms with Gasteiger partial charge in [0.15, 0.2) is 0 Å². The third-order valence-corrected chi connectivity index (χ3v) is 8.18. The Labute approximate surface area is 223 Å². The lowest BCUT2D eigenvalue weighted by atomic mass is 9.96. The summed E-state index contributed by atoms with van der Waals surface area (Å²) in [6.45, 7) is 3.78. The number of aryl methyl sites for hydroxylation is 1. The van der Waals surface area contributed by atoms with Gasteiger partial charge >= 0.3 is 0 Å². The lowest BCUT2D eigenvalue weighted by Gasteiger charge is -2.22. The van der Waals surface area contributed by atoms with E-state index in [0.29, 0.717) is 47.0 Å². The van der Waals surface area contributed by atoms with Crippen LogP contribution in [0.4, 0.5) is 11.6 Å². The van der Waals surface area contributed by atoms with Crippen molar-refractivity contribution in [3.8, 4) is 22.9 Å². The molecule has 38 heavy (non-hydrogen) atoms. The van der Waals surface area contributed by atoms with Crippen molar-refractivity contribution < 1.29 is 13.2 Å². The Bertz CT molecular complexity index is 1540. The Morgan fingerprint density at radius 2 is 1.84 bits per heavy atom. The van der Waals surface area contributed by atoms with E-state index in [-0.39, 0.29) is 5.75 Å². The van der Waals surface area contributed by atoms with Gasteiger partial charge in [-0.1, -0.05) is 50.5 Å². The van der Waals surface area contributed by atoms with Crippen LogP contribution in [0.15, 0.2) is 54.9 Å². The quantitative estimate of drug-likeness (QED) is 0.266. The number of fused-ring (bicyclic) bond motifs is 1. The summed E-state index contributed by atoms with van der Waals surface area (Å²) in [4.78, 5) is 9.17. The Balaban J connectivity index is 1.49. The second-order valence-corrected chi connectivity index (χ2v) is 11.5. The molecule has 9 nitrogen and oxygen atoms in total. The maximum Gasteiger partial charge on any atom is 0.248 e. The van der Waals surface area contributed by atoms with Gasteiger partial charge in [0.2, 0.25) is 21.9 Å². The van der Waals surface area contributed by atoms with Crippen LogP contribution >= 0.6 is 0 Å². The Hall–Kier alpha value is -3.79. The third-order valence-electron chi connectivity index (χ3n) is 6.70. The molecule has 5 rings (SSSR count). The summed E-state index contributed by atoms with van der Waals surface area (Å²) in [6, 6.07) is 13.3. The number of sulfonamides is 1. The van der Waals surface area contributed by atoms with Crippen LogP contribution in [0, 0.1) is 6.92 Å². The lowest BCUT2D eigenvalue weighted by molar-refractivity contribution is 0.458. The van der Waals surface area contributed by atoms with Gasteiger partial charge < -0.3 is 10.1 Å². The van der Waals surface area contributed by atoms with Crippen LogP contribution in [0.25, 0.3) is 22.0 Å². The number of anilines is 2. The summed E-state index contributed by atoms with van der Waals surface area (Å²) in [7, 11) is -3.45. The van der Waals surface area contributed by atoms with E-state index >= 15 is 0 Å². The van der Waals surface area contributed by atoms with Crippen molar-refractivity contribution in [2.24, 2.45) is 0 Å². The normalized spacial score (nSPS) is 14.4. The number of hydrogen-bond acceptors (Lipinski definition) is 8. The standard InChI is InChI=1S/C28H32N6O3S/c1-3-18-38(35,36)34-25-11-7-10-22-21(25)13-12-19(2)26(22)37-27-23(14-17-30-33-27)24-15-16-29-28(32-24)31-20-8-5-4-6-9-20/h7,10-17,20,34H,3-6,8-9,18H2,1-2H3,(H,29,31,32). The van der Waals surface area contributed by atoms with Gasteiger partial charge in [-0.05, 0) is 49.9 Å². The van der Waals surface area contributed by atoms with Crippen LogP contribution in [-0.2, 0) is 10.0 Å². The molecule has 1 aliphatic rings. The fraction of sp³-hybridized carbons (Fsp3) is 0.357. The fourth-order valence-corrected chi connectivity index (χ4v) is 6.00. The molecule has 2 aromatic carbocycles. The second-order valence-electron chi connectivity index (χ2n) is 9.63. The summed E-state index contributed by atoms with van der Waals surface area (Å²) in [5.74, 6) is 1.53. The van der Waals surface area contributed by atoms with Crippen molar-refractivity contribution in [2.75, 3.05) is 15.8 Å². The number of nitrogens with zero attached hydrogens (tertiary/aromatic N) is 4. The number of aromatic nitrogens is 4. The third kappa shape index (κ3) is 5.85. The summed E-state index contributed by atoms with van der Waals surface area (Å²) >= 11 is 0. The molecule has 198 valence electrons. The number of benzene rings is 2. The van der Waals surface area contributed by atoms with Crippen molar-refractivity contribution in [2.45, 2.75) is 58.4 Å². The number of rotatable bonds is 9. The van der Waals surface area contributed by atoms with Gasteiger partial charge in [0.25, 0.3) is 0 Å². The highest BCUT2D eigenvalue weighted by atomic mass is 32.2. The number of ether oxygens (including phenoxy) is 1. The number of nitrogens with one attached hydrogen (secondary N) is 2. The zero-order chi connectivity index (χ0) is 26.5. The van der Waals surface area contributed by atoms with Gasteiger partial charge in [-0.3, -0.25) is 4.72 Å². The smallest absolute Gasteiger partial charge is 0.248 e. The SMILES string of the molecule is CCCS(=O)(=O)Nc1cccc2c(Oc3nnccc3-c3ccnc(NC4CCCCC4)n3)c(C)ccc12. The van der Waals surface area contributed by atoms with Crippen LogP contribution in [-0.4, -0.2) is 40.4 Å². The highest BCUT2D eigenvalue weighted by molar-refractivity contribution is 7.92. The first-order chi connectivity index (χ1) is 18.4. The molecular weight excluding hydrogens is 500 g/mol. The van der Waals surface area contributed by atoms with Crippen LogP contribution in [0.5, 0.6) is 11.6 Å². The van der Waals surface area contributed by atoms with Gasteiger partial charge in [-0.25, -0.2) is 18.4 Å². The zero-order valence-corrected chi connectivity index (χ0v) is 22.5. The van der Waals surface area contributed by atoms with Gasteiger partial charge in [0, 0.05) is 23.0 Å². The Morgan fingerprint density at radius 1 is 1.00 bits per heavy atom. The van der Waals surface area contributed by atoms with Crippen LogP contribution in [0.3, 0.4) is 0 Å². The maximum absolute atomic E-state index is 12.5. The summed E-state index contributed by atoms with van der Waals surface area (Å²) in [5.41, 5.74) is 2.75. The fourth-order valence-electron chi connectivity index (χ4n) is 4.84. The zero-order valence-electron chi connectivity index (χ0n) is 21.6. The molecule has 0 spiro atoms. The van der Waals surface area contributed by atoms with Crippen molar-refractivity contribution in [3.05, 3.63) is 60.4 Å². The molecule has 0 atom stereocenters. The monoisotopic (exact) mass is 532 g/mol. The molecule has 0 bridgehead atoms. The van der Waals surface area contributed by atoms with Crippen molar-refractivity contribution in [1.29, 1.82) is 0 Å².